The predicted octanol–water partition coefficient (Wildman–Crippen LogP) is 5.25. The van der Waals surface area contributed by atoms with E-state index in [0.717, 1.165) is 18.4 Å². The Morgan fingerprint density at radius 1 is 1.43 bits per heavy atom. The van der Waals surface area contributed by atoms with Gasteiger partial charge in [0.15, 0.2) is 0 Å². The van der Waals surface area contributed by atoms with Gasteiger partial charge in [-0.3, -0.25) is 0 Å². The lowest BCUT2D eigenvalue weighted by molar-refractivity contribution is -0.00791. The average Bonchev–Trinajstić information content (AvgIpc) is 3.03. The second-order valence-corrected chi connectivity index (χ2v) is 9.17. The van der Waals surface area contributed by atoms with Gasteiger partial charge in [0.05, 0.1) is 18.3 Å². The van der Waals surface area contributed by atoms with Crippen molar-refractivity contribution in [2.45, 2.75) is 71.0 Å². The highest BCUT2D eigenvalue weighted by Gasteiger charge is 2.50. The summed E-state index contributed by atoms with van der Waals surface area (Å²) in [6, 6.07) is 0. The van der Waals surface area contributed by atoms with Gasteiger partial charge in [0, 0.05) is 6.42 Å². The zero-order chi connectivity index (χ0) is 16.7. The van der Waals surface area contributed by atoms with E-state index in [9.17, 15) is 5.11 Å². The van der Waals surface area contributed by atoms with E-state index in [4.69, 9.17) is 4.74 Å². The van der Waals surface area contributed by atoms with E-state index in [1.165, 1.54) is 32.1 Å². The van der Waals surface area contributed by atoms with Crippen molar-refractivity contribution in [2.75, 3.05) is 6.61 Å². The maximum absolute atomic E-state index is 10.0. The fourth-order valence-electron chi connectivity index (χ4n) is 5.51. The van der Waals surface area contributed by atoms with Crippen molar-refractivity contribution in [3.05, 3.63) is 21.8 Å². The molecule has 2 saturated carbocycles. The molecular weight excluding hydrogens is 399 g/mol. The van der Waals surface area contributed by atoms with Crippen molar-refractivity contribution in [3.63, 3.8) is 0 Å². The maximum atomic E-state index is 10.0. The molecule has 0 aromatic heterocycles. The van der Waals surface area contributed by atoms with Gasteiger partial charge < -0.3 is 9.84 Å². The smallest absolute Gasteiger partial charge is 0.0828 e. The van der Waals surface area contributed by atoms with Crippen LogP contribution in [0, 0.1) is 23.2 Å². The van der Waals surface area contributed by atoms with Crippen molar-refractivity contribution in [1.29, 1.82) is 0 Å². The minimum atomic E-state index is -0.679. The zero-order valence-electron chi connectivity index (χ0n) is 14.7. The zero-order valence-corrected chi connectivity index (χ0v) is 16.9. The molecule has 1 unspecified atom stereocenters. The summed E-state index contributed by atoms with van der Waals surface area (Å²) in [6.45, 7) is 7.59. The SMILES string of the molecule is C[C@@H](CO[C@@H]1C=C[C@@](C)(O)C1)[C@H]1CCC2/C(=C/I)CCC[C@@]21C. The highest BCUT2D eigenvalue weighted by atomic mass is 127. The molecule has 0 aliphatic heterocycles. The first-order chi connectivity index (χ1) is 10.9. The van der Waals surface area contributed by atoms with Crippen LogP contribution in [0.1, 0.15) is 59.3 Å². The van der Waals surface area contributed by atoms with Gasteiger partial charge >= 0.3 is 0 Å². The lowest BCUT2D eigenvalue weighted by Gasteiger charge is -2.44. The Hall–Kier alpha value is 0.130. The van der Waals surface area contributed by atoms with Gasteiger partial charge in [-0.2, -0.15) is 0 Å². The van der Waals surface area contributed by atoms with Crippen molar-refractivity contribution in [1.82, 2.24) is 0 Å². The molecule has 1 N–H and O–H groups in total. The van der Waals surface area contributed by atoms with Crippen LogP contribution < -0.4 is 0 Å². The molecule has 6 atom stereocenters. The molecule has 3 aliphatic carbocycles. The molecule has 0 aromatic carbocycles. The molecule has 2 fully saturated rings. The van der Waals surface area contributed by atoms with Crippen LogP contribution in [-0.2, 0) is 4.74 Å². The number of fused-ring (bicyclic) bond motifs is 1. The van der Waals surface area contributed by atoms with Gasteiger partial charge in [-0.25, -0.2) is 0 Å². The van der Waals surface area contributed by atoms with Gasteiger partial charge in [-0.05, 0) is 66.3 Å². The van der Waals surface area contributed by atoms with Crippen LogP contribution in [0.2, 0.25) is 0 Å². The monoisotopic (exact) mass is 430 g/mol. The Morgan fingerprint density at radius 2 is 2.22 bits per heavy atom. The number of hydrogen-bond donors (Lipinski definition) is 1. The van der Waals surface area contributed by atoms with Crippen LogP contribution in [0.15, 0.2) is 21.8 Å². The number of rotatable bonds is 4. The van der Waals surface area contributed by atoms with Crippen molar-refractivity contribution < 1.29 is 9.84 Å². The molecule has 0 spiro atoms. The van der Waals surface area contributed by atoms with E-state index in [1.807, 2.05) is 19.1 Å². The second-order valence-electron chi connectivity index (χ2n) is 8.55. The topological polar surface area (TPSA) is 29.5 Å². The molecule has 130 valence electrons. The lowest BCUT2D eigenvalue weighted by atomic mass is 9.61. The van der Waals surface area contributed by atoms with Crippen molar-refractivity contribution >= 4 is 22.6 Å². The quantitative estimate of drug-likeness (QED) is 0.488. The highest BCUT2D eigenvalue weighted by molar-refractivity contribution is 14.1. The average molecular weight is 430 g/mol. The minimum Gasteiger partial charge on any atom is -0.386 e. The van der Waals surface area contributed by atoms with E-state index >= 15 is 0 Å². The Morgan fingerprint density at radius 3 is 2.87 bits per heavy atom. The van der Waals surface area contributed by atoms with Gasteiger partial charge in [-0.1, -0.05) is 54.2 Å². The number of allylic oxidation sites excluding steroid dienone is 1. The van der Waals surface area contributed by atoms with Gasteiger partial charge in [0.2, 0.25) is 0 Å². The normalized spacial score (nSPS) is 46.3. The molecule has 3 aliphatic rings. The maximum Gasteiger partial charge on any atom is 0.0828 e. The fraction of sp³-hybridized carbons (Fsp3) is 0.800. The third-order valence-electron chi connectivity index (χ3n) is 6.72. The summed E-state index contributed by atoms with van der Waals surface area (Å²) in [7, 11) is 0. The molecule has 2 nitrogen and oxygen atoms in total. The van der Waals surface area contributed by atoms with E-state index in [2.05, 4.69) is 40.5 Å². The molecule has 0 aromatic rings. The van der Waals surface area contributed by atoms with Gasteiger partial charge in [0.1, 0.15) is 0 Å². The summed E-state index contributed by atoms with van der Waals surface area (Å²) in [4.78, 5) is 0. The summed E-state index contributed by atoms with van der Waals surface area (Å²) in [5.74, 6) is 2.16. The van der Waals surface area contributed by atoms with Crippen LogP contribution in [-0.4, -0.2) is 23.4 Å². The van der Waals surface area contributed by atoms with Crippen molar-refractivity contribution in [3.8, 4) is 0 Å². The van der Waals surface area contributed by atoms with Crippen molar-refractivity contribution in [2.24, 2.45) is 23.2 Å². The third kappa shape index (κ3) is 3.57. The first kappa shape index (κ1) is 17.9. The summed E-state index contributed by atoms with van der Waals surface area (Å²) < 4.78 is 8.48. The molecule has 0 saturated heterocycles. The number of halogens is 1. The Balaban J connectivity index is 1.60. The largest absolute Gasteiger partial charge is 0.386 e. The molecule has 0 heterocycles. The fourth-order valence-corrected chi connectivity index (χ4v) is 6.25. The third-order valence-corrected chi connectivity index (χ3v) is 7.52. The molecule has 0 amide bonds. The highest BCUT2D eigenvalue weighted by Crippen LogP contribution is 2.59. The number of hydrogen-bond acceptors (Lipinski definition) is 2. The Kier molecular flexibility index (Phi) is 5.30. The van der Waals surface area contributed by atoms with E-state index in [1.54, 1.807) is 5.57 Å². The molecule has 3 rings (SSSR count). The molecular formula is C20H31IO2. The van der Waals surface area contributed by atoms with Crippen LogP contribution in [0.3, 0.4) is 0 Å². The Bertz CT molecular complexity index is 496. The lowest BCUT2D eigenvalue weighted by Crippen LogP contribution is -2.37. The standard InChI is InChI=1S/C20H31IO2/c1-14(13-23-16-8-10-19(2,22)11-16)17-6-7-18-15(12-21)5-4-9-20(17,18)3/h8,10,12,14,16-18,22H,4-7,9,11,13H2,1-3H3/b15-12+/t14-,16+,17+,18?,19+,20+/m0/s1. The summed E-state index contributed by atoms with van der Waals surface area (Å²) in [5, 5.41) is 10.0. The van der Waals surface area contributed by atoms with Gasteiger partial charge in [-0.15, -0.1) is 0 Å². The van der Waals surface area contributed by atoms with Crippen LogP contribution in [0.5, 0.6) is 0 Å². The molecule has 0 radical (unpaired) electrons. The van der Waals surface area contributed by atoms with E-state index < -0.39 is 5.60 Å². The summed E-state index contributed by atoms with van der Waals surface area (Å²) in [6.07, 6.45) is 11.4. The molecule has 3 heteroatoms. The van der Waals surface area contributed by atoms with Crippen LogP contribution in [0.25, 0.3) is 0 Å². The summed E-state index contributed by atoms with van der Waals surface area (Å²) >= 11 is 2.44. The summed E-state index contributed by atoms with van der Waals surface area (Å²) in [5.41, 5.74) is 1.49. The number of ether oxygens (including phenoxy) is 1. The van der Waals surface area contributed by atoms with Crippen LogP contribution in [0.4, 0.5) is 0 Å². The minimum absolute atomic E-state index is 0.0913. The second kappa shape index (κ2) is 6.80. The first-order valence-electron chi connectivity index (χ1n) is 9.18. The van der Waals surface area contributed by atoms with E-state index in [0.29, 0.717) is 17.8 Å². The first-order valence-corrected chi connectivity index (χ1v) is 10.4. The van der Waals surface area contributed by atoms with Gasteiger partial charge in [0.25, 0.3) is 0 Å². The predicted molar refractivity (Wildman–Crippen MR) is 104 cm³/mol. The Labute approximate surface area is 154 Å². The van der Waals surface area contributed by atoms with E-state index in [-0.39, 0.29) is 6.10 Å². The molecule has 23 heavy (non-hydrogen) atoms. The number of aliphatic hydroxyl groups is 1. The molecule has 0 bridgehead atoms. The van der Waals surface area contributed by atoms with Crippen LogP contribution >= 0.6 is 22.6 Å².